The molecule has 0 radical (unpaired) electrons. The molecular weight excluding hydrogens is 935 g/mol. The van der Waals surface area contributed by atoms with E-state index >= 15 is 0 Å². The molecule has 0 N–H and O–H groups in total. The van der Waals surface area contributed by atoms with Gasteiger partial charge in [0.05, 0.1) is 11.1 Å². The molecular formula is C73H49NOSi. The number of hydrogen-bond donors (Lipinski definition) is 0. The van der Waals surface area contributed by atoms with Gasteiger partial charge in [0, 0.05) is 33.8 Å². The summed E-state index contributed by atoms with van der Waals surface area (Å²) in [6.45, 7) is 0. The topological polar surface area (TPSA) is 16.4 Å². The first kappa shape index (κ1) is 44.0. The summed E-state index contributed by atoms with van der Waals surface area (Å²) in [6, 6.07) is 110. The van der Waals surface area contributed by atoms with Crippen LogP contribution in [0.15, 0.2) is 302 Å². The molecule has 0 spiro atoms. The first-order valence-corrected chi connectivity index (χ1v) is 28.3. The van der Waals surface area contributed by atoms with E-state index in [-0.39, 0.29) is 0 Å². The van der Waals surface area contributed by atoms with Gasteiger partial charge in [-0.15, -0.1) is 0 Å². The molecule has 13 aromatic rings. The second-order valence-electron chi connectivity index (χ2n) is 20.3. The molecule has 0 bridgehead atoms. The van der Waals surface area contributed by atoms with Crippen LogP contribution in [0, 0.1) is 0 Å². The van der Waals surface area contributed by atoms with Crippen molar-refractivity contribution in [3.8, 4) is 44.5 Å². The lowest BCUT2D eigenvalue weighted by molar-refractivity contribution is 0.669. The van der Waals surface area contributed by atoms with Crippen LogP contribution in [0.4, 0.5) is 17.1 Å². The minimum Gasteiger partial charge on any atom is -0.456 e. The van der Waals surface area contributed by atoms with Crippen molar-refractivity contribution in [2.24, 2.45) is 0 Å². The fraction of sp³-hybridized carbons (Fsp3) is 0.0137. The van der Waals surface area contributed by atoms with E-state index in [1.807, 2.05) is 6.07 Å². The van der Waals surface area contributed by atoms with Gasteiger partial charge in [0.1, 0.15) is 11.2 Å². The van der Waals surface area contributed by atoms with Gasteiger partial charge >= 0.3 is 0 Å². The summed E-state index contributed by atoms with van der Waals surface area (Å²) in [4.78, 5) is 2.46. The van der Waals surface area contributed by atoms with Crippen molar-refractivity contribution < 1.29 is 4.42 Å². The summed E-state index contributed by atoms with van der Waals surface area (Å²) in [6.07, 6.45) is 0. The van der Waals surface area contributed by atoms with Gasteiger partial charge in [-0.25, -0.2) is 0 Å². The summed E-state index contributed by atoms with van der Waals surface area (Å²) >= 11 is 0. The van der Waals surface area contributed by atoms with Crippen molar-refractivity contribution >= 4 is 67.8 Å². The zero-order valence-corrected chi connectivity index (χ0v) is 42.6. The predicted octanol–water partition coefficient (Wildman–Crippen LogP) is 16.1. The first-order chi connectivity index (χ1) is 37.7. The number of furan rings is 1. The second-order valence-corrected chi connectivity index (χ2v) is 24.0. The molecule has 0 fully saturated rings. The zero-order chi connectivity index (χ0) is 50.2. The molecule has 2 nitrogen and oxygen atoms in total. The maximum atomic E-state index is 6.69. The third-order valence-corrected chi connectivity index (χ3v) is 21.3. The Morgan fingerprint density at radius 1 is 0.303 bits per heavy atom. The van der Waals surface area contributed by atoms with E-state index in [4.69, 9.17) is 4.42 Å². The van der Waals surface area contributed by atoms with Gasteiger partial charge in [0.2, 0.25) is 0 Å². The lowest BCUT2D eigenvalue weighted by atomic mass is 9.67. The van der Waals surface area contributed by atoms with Gasteiger partial charge in [0.25, 0.3) is 0 Å². The summed E-state index contributed by atoms with van der Waals surface area (Å²) in [7, 11) is -2.73. The average Bonchev–Trinajstić information content (AvgIpc) is 4.21. The molecule has 0 unspecified atom stereocenters. The van der Waals surface area contributed by atoms with Crippen LogP contribution in [-0.2, 0) is 5.41 Å². The largest absolute Gasteiger partial charge is 0.456 e. The predicted molar refractivity (Wildman–Crippen MR) is 319 cm³/mol. The van der Waals surface area contributed by atoms with Gasteiger partial charge in [-0.3, -0.25) is 0 Å². The quantitative estimate of drug-likeness (QED) is 0.134. The number of anilines is 3. The number of benzene rings is 12. The second kappa shape index (κ2) is 17.6. The maximum Gasteiger partial charge on any atom is 0.180 e. The van der Waals surface area contributed by atoms with Crippen molar-refractivity contribution in [1.29, 1.82) is 0 Å². The summed E-state index contributed by atoms with van der Waals surface area (Å²) in [5.41, 5.74) is 19.1. The molecule has 2 heterocycles. The average molecular weight is 984 g/mol. The normalized spacial score (nSPS) is 13.5. The molecule has 0 saturated heterocycles. The third-order valence-electron chi connectivity index (χ3n) is 16.4. The van der Waals surface area contributed by atoms with E-state index in [2.05, 4.69) is 296 Å². The third kappa shape index (κ3) is 6.52. The summed E-state index contributed by atoms with van der Waals surface area (Å²) < 4.78 is 6.69. The minimum absolute atomic E-state index is 0.573. The van der Waals surface area contributed by atoms with Crippen LogP contribution >= 0.6 is 0 Å². The monoisotopic (exact) mass is 983 g/mol. The van der Waals surface area contributed by atoms with E-state index in [1.165, 1.54) is 70.8 Å². The standard InChI is InChI=1S/C73H49NOSi/c1-5-22-50(23-6-1)65-47-52(51-24-21-31-58(46-51)76(57-29-11-4-12-30-57)71-38-19-15-34-63(71)64-35-16-20-39-72(64)76)40-45-68(65)74(56-42-44-62-61-33-14-18-37-69(61)75-70(62)49-56)55-41-43-60-59-32-13-17-36-66(59)73(67(60)48-55,53-25-7-2-8-26-53)54-27-9-3-10-28-54/h1-49H. The molecule has 0 amide bonds. The van der Waals surface area contributed by atoms with Gasteiger partial charge < -0.3 is 9.32 Å². The fourth-order valence-electron chi connectivity index (χ4n) is 13.3. The zero-order valence-electron chi connectivity index (χ0n) is 41.6. The number of para-hydroxylation sites is 1. The van der Waals surface area contributed by atoms with E-state index in [9.17, 15) is 0 Å². The Morgan fingerprint density at radius 3 is 1.55 bits per heavy atom. The fourth-order valence-corrected chi connectivity index (χ4v) is 18.5. The van der Waals surface area contributed by atoms with Gasteiger partial charge in [-0.05, 0) is 124 Å². The van der Waals surface area contributed by atoms with Crippen LogP contribution in [-0.4, -0.2) is 8.07 Å². The highest BCUT2D eigenvalue weighted by Gasteiger charge is 2.49. The van der Waals surface area contributed by atoms with Crippen LogP contribution in [0.1, 0.15) is 22.3 Å². The molecule has 2 aliphatic rings. The lowest BCUT2D eigenvalue weighted by Gasteiger charge is -2.35. The molecule has 76 heavy (non-hydrogen) atoms. The molecule has 1 aliphatic heterocycles. The van der Waals surface area contributed by atoms with Gasteiger partial charge in [-0.2, -0.15) is 0 Å². The Hall–Kier alpha value is -9.54. The number of rotatable bonds is 9. The highest BCUT2D eigenvalue weighted by atomic mass is 28.3. The molecule has 0 saturated carbocycles. The van der Waals surface area contributed by atoms with Crippen LogP contribution in [0.25, 0.3) is 66.4 Å². The van der Waals surface area contributed by atoms with Gasteiger partial charge in [0.15, 0.2) is 8.07 Å². The first-order valence-electron chi connectivity index (χ1n) is 26.3. The van der Waals surface area contributed by atoms with E-state index in [0.717, 1.165) is 55.7 Å². The van der Waals surface area contributed by atoms with Crippen molar-refractivity contribution in [1.82, 2.24) is 0 Å². The summed E-state index contributed by atoms with van der Waals surface area (Å²) in [5.74, 6) is 0. The molecule has 0 atom stereocenters. The smallest absolute Gasteiger partial charge is 0.180 e. The van der Waals surface area contributed by atoms with E-state index in [1.54, 1.807) is 0 Å². The summed E-state index contributed by atoms with van der Waals surface area (Å²) in [5, 5.41) is 7.86. The Labute approximate surface area is 444 Å². The van der Waals surface area contributed by atoms with Crippen LogP contribution in [0.2, 0.25) is 0 Å². The minimum atomic E-state index is -2.73. The highest BCUT2D eigenvalue weighted by Crippen LogP contribution is 2.57. The van der Waals surface area contributed by atoms with Crippen molar-refractivity contribution in [2.45, 2.75) is 5.41 Å². The molecule has 356 valence electrons. The van der Waals surface area contributed by atoms with Crippen molar-refractivity contribution in [3.63, 3.8) is 0 Å². The van der Waals surface area contributed by atoms with Crippen molar-refractivity contribution in [3.05, 3.63) is 320 Å². The Morgan fingerprint density at radius 2 is 0.829 bits per heavy atom. The van der Waals surface area contributed by atoms with E-state index < -0.39 is 13.5 Å². The highest BCUT2D eigenvalue weighted by molar-refractivity contribution is 7.22. The molecule has 15 rings (SSSR count). The van der Waals surface area contributed by atoms with E-state index in [0.29, 0.717) is 0 Å². The molecule has 1 aliphatic carbocycles. The Kier molecular flexibility index (Phi) is 10.2. The lowest BCUT2D eigenvalue weighted by Crippen LogP contribution is -2.72. The van der Waals surface area contributed by atoms with Crippen LogP contribution < -0.4 is 25.6 Å². The Balaban J connectivity index is 0.967. The maximum absolute atomic E-state index is 6.69. The SMILES string of the molecule is c1ccc(-c2cc(-c3cccc([Si]4(c5ccccc5)c5ccccc5-c5ccccc54)c3)ccc2N(c2ccc3c(c2)C(c2ccccc2)(c2ccccc2)c2ccccc2-3)c2ccc3c(c2)oc2ccccc23)cc1. The number of nitrogens with zero attached hydrogens (tertiary/aromatic N) is 1. The van der Waals surface area contributed by atoms with Crippen LogP contribution in [0.3, 0.4) is 0 Å². The van der Waals surface area contributed by atoms with Crippen molar-refractivity contribution in [2.75, 3.05) is 4.90 Å². The molecule has 12 aromatic carbocycles. The molecule has 3 heteroatoms. The number of hydrogen-bond acceptors (Lipinski definition) is 2. The molecule has 1 aromatic heterocycles. The van der Waals surface area contributed by atoms with Gasteiger partial charge in [-0.1, -0.05) is 249 Å². The van der Waals surface area contributed by atoms with Crippen LogP contribution in [0.5, 0.6) is 0 Å². The number of fused-ring (bicyclic) bond motifs is 9. The Bertz CT molecular complexity index is 4270.